The van der Waals surface area contributed by atoms with E-state index in [4.69, 9.17) is 0 Å². The number of amides is 1. The van der Waals surface area contributed by atoms with Crippen LogP contribution in [-0.4, -0.2) is 40.9 Å². The topological polar surface area (TPSA) is 120 Å². The molecule has 0 spiro atoms. The molecule has 2 aromatic rings. The first kappa shape index (κ1) is 15.3. The molecule has 2 aromatic heterocycles. The van der Waals surface area contributed by atoms with Gasteiger partial charge in [0.15, 0.2) is 16.5 Å². The number of pyridine rings is 1. The molecule has 0 unspecified atom stereocenters. The van der Waals surface area contributed by atoms with E-state index in [-0.39, 0.29) is 20.7 Å². The van der Waals surface area contributed by atoms with Crippen LogP contribution in [0.4, 0.5) is 5.82 Å². The number of hydrogen-bond acceptors (Lipinski definition) is 7. The van der Waals surface area contributed by atoms with Crippen LogP contribution in [-0.2, 0) is 14.8 Å². The standard InChI is InChI=1S/C13H11N3O5S2/c1-16-10(13(19)15-8-4-2-3-5-14-8)11(18)12-7(23(16,20)21)6-9(17)22-12/h2-6,17-18H,1H3,(H,14,15,19). The largest absolute Gasteiger partial charge is 0.504 e. The molecule has 3 N–H and O–H groups in total. The average Bonchev–Trinajstić information content (AvgIpc) is 2.90. The third-order valence-electron chi connectivity index (χ3n) is 3.20. The van der Waals surface area contributed by atoms with Gasteiger partial charge in [0.2, 0.25) is 0 Å². The lowest BCUT2D eigenvalue weighted by Crippen LogP contribution is -2.36. The van der Waals surface area contributed by atoms with E-state index in [2.05, 4.69) is 10.3 Å². The minimum atomic E-state index is -4.03. The Morgan fingerprint density at radius 3 is 2.74 bits per heavy atom. The van der Waals surface area contributed by atoms with Crippen molar-refractivity contribution in [3.63, 3.8) is 0 Å². The van der Waals surface area contributed by atoms with Crippen molar-refractivity contribution < 1.29 is 23.4 Å². The number of nitrogens with zero attached hydrogens (tertiary/aromatic N) is 2. The Bertz CT molecular complexity index is 918. The molecule has 1 aliphatic heterocycles. The van der Waals surface area contributed by atoms with Crippen molar-refractivity contribution in [3.05, 3.63) is 41.0 Å². The minimum Gasteiger partial charge on any atom is -0.504 e. The number of anilines is 1. The van der Waals surface area contributed by atoms with Crippen molar-refractivity contribution in [3.8, 4) is 5.06 Å². The summed E-state index contributed by atoms with van der Waals surface area (Å²) in [6.07, 6.45) is 1.46. The summed E-state index contributed by atoms with van der Waals surface area (Å²) in [4.78, 5) is 15.9. The maximum Gasteiger partial charge on any atom is 0.278 e. The molecule has 0 atom stereocenters. The molecular weight excluding hydrogens is 342 g/mol. The van der Waals surface area contributed by atoms with Crippen molar-refractivity contribution in [2.24, 2.45) is 0 Å². The van der Waals surface area contributed by atoms with Crippen molar-refractivity contribution >= 4 is 38.8 Å². The van der Waals surface area contributed by atoms with Crippen molar-refractivity contribution in [1.29, 1.82) is 0 Å². The summed E-state index contributed by atoms with van der Waals surface area (Å²) in [7, 11) is -2.89. The highest BCUT2D eigenvalue weighted by Gasteiger charge is 2.39. The van der Waals surface area contributed by atoms with E-state index < -0.39 is 27.4 Å². The fourth-order valence-electron chi connectivity index (χ4n) is 2.11. The number of sulfonamides is 1. The SMILES string of the molecule is CN1C(C(=O)Nc2ccccn2)=C(O)c2sc(O)cc2S1(=O)=O. The van der Waals surface area contributed by atoms with Crippen molar-refractivity contribution in [2.75, 3.05) is 12.4 Å². The molecule has 23 heavy (non-hydrogen) atoms. The summed E-state index contributed by atoms with van der Waals surface area (Å²) in [5.74, 6) is -1.13. The number of aliphatic hydroxyl groups excluding tert-OH is 1. The first-order valence-corrected chi connectivity index (χ1v) is 8.55. The highest BCUT2D eigenvalue weighted by molar-refractivity contribution is 7.89. The van der Waals surface area contributed by atoms with Crippen molar-refractivity contribution in [1.82, 2.24) is 9.29 Å². The molecule has 0 aliphatic carbocycles. The molecule has 8 nitrogen and oxygen atoms in total. The van der Waals surface area contributed by atoms with E-state index in [1.807, 2.05) is 0 Å². The number of nitrogens with one attached hydrogen (secondary N) is 1. The maximum absolute atomic E-state index is 12.4. The molecule has 120 valence electrons. The highest BCUT2D eigenvalue weighted by Crippen LogP contribution is 2.42. The third kappa shape index (κ3) is 2.41. The predicted molar refractivity (Wildman–Crippen MR) is 83.3 cm³/mol. The van der Waals surface area contributed by atoms with E-state index in [9.17, 15) is 23.4 Å². The quantitative estimate of drug-likeness (QED) is 0.749. The van der Waals surface area contributed by atoms with E-state index in [0.717, 1.165) is 13.1 Å². The number of likely N-dealkylation sites (N-methyl/N-ethyl adjacent to an activating group) is 1. The van der Waals surface area contributed by atoms with E-state index in [0.29, 0.717) is 15.6 Å². The van der Waals surface area contributed by atoms with E-state index in [1.54, 1.807) is 12.1 Å². The van der Waals surface area contributed by atoms with Gasteiger partial charge >= 0.3 is 0 Å². The van der Waals surface area contributed by atoms with Gasteiger partial charge in [-0.25, -0.2) is 13.4 Å². The van der Waals surface area contributed by atoms with Crippen LogP contribution < -0.4 is 5.32 Å². The normalized spacial score (nSPS) is 16.1. The number of thiophene rings is 1. The number of hydrogen-bond donors (Lipinski definition) is 3. The van der Waals surface area contributed by atoms with Gasteiger partial charge in [-0.15, -0.1) is 0 Å². The Balaban J connectivity index is 2.09. The summed E-state index contributed by atoms with van der Waals surface area (Å²) < 4.78 is 25.5. The fourth-order valence-corrected chi connectivity index (χ4v) is 4.66. The molecule has 0 radical (unpaired) electrons. The molecule has 1 amide bonds. The van der Waals surface area contributed by atoms with Gasteiger partial charge in [-0.2, -0.15) is 0 Å². The van der Waals surface area contributed by atoms with Crippen LogP contribution in [0.5, 0.6) is 5.06 Å². The highest BCUT2D eigenvalue weighted by atomic mass is 32.2. The molecule has 1 aliphatic rings. The van der Waals surface area contributed by atoms with Crippen LogP contribution in [0.25, 0.3) is 5.76 Å². The molecular formula is C13H11N3O5S2. The molecule has 0 fully saturated rings. The van der Waals surface area contributed by atoms with E-state index >= 15 is 0 Å². The fraction of sp³-hybridized carbons (Fsp3) is 0.0769. The van der Waals surface area contributed by atoms with Crippen LogP contribution in [0, 0.1) is 0 Å². The van der Waals surface area contributed by atoms with Gasteiger partial charge in [0.1, 0.15) is 10.7 Å². The summed E-state index contributed by atoms with van der Waals surface area (Å²) >= 11 is 0.676. The third-order valence-corrected chi connectivity index (χ3v) is 6.05. The van der Waals surface area contributed by atoms with Gasteiger partial charge in [-0.05, 0) is 12.1 Å². The molecule has 0 saturated heterocycles. The zero-order chi connectivity index (χ0) is 16.8. The molecule has 0 aromatic carbocycles. The number of aromatic nitrogens is 1. The second-order valence-electron chi connectivity index (χ2n) is 4.62. The molecule has 0 bridgehead atoms. The minimum absolute atomic E-state index is 0.0771. The molecule has 3 rings (SSSR count). The summed E-state index contributed by atoms with van der Waals surface area (Å²) in [5, 5.41) is 21.9. The Hall–Kier alpha value is -2.59. The average molecular weight is 353 g/mol. The van der Waals surface area contributed by atoms with E-state index in [1.165, 1.54) is 12.3 Å². The van der Waals surface area contributed by atoms with Gasteiger partial charge in [-0.1, -0.05) is 17.4 Å². The maximum atomic E-state index is 12.4. The lowest BCUT2D eigenvalue weighted by molar-refractivity contribution is -0.113. The van der Waals surface area contributed by atoms with Crippen LogP contribution >= 0.6 is 11.3 Å². The second kappa shape index (κ2) is 5.25. The smallest absolute Gasteiger partial charge is 0.278 e. The van der Waals surface area contributed by atoms with Crippen molar-refractivity contribution in [2.45, 2.75) is 4.90 Å². The van der Waals surface area contributed by atoms with Gasteiger partial charge in [0, 0.05) is 19.3 Å². The monoisotopic (exact) mass is 353 g/mol. The number of aromatic hydroxyl groups is 1. The first-order chi connectivity index (χ1) is 10.8. The number of carbonyl (C=O) groups is 1. The summed E-state index contributed by atoms with van der Waals surface area (Å²) in [5.41, 5.74) is -0.440. The Morgan fingerprint density at radius 2 is 2.09 bits per heavy atom. The Kier molecular flexibility index (Phi) is 3.49. The van der Waals surface area contributed by atoms with Crippen LogP contribution in [0.15, 0.2) is 41.1 Å². The van der Waals surface area contributed by atoms with Crippen LogP contribution in [0.1, 0.15) is 4.88 Å². The first-order valence-electron chi connectivity index (χ1n) is 6.30. The van der Waals surface area contributed by atoms with Gasteiger partial charge in [0.25, 0.3) is 15.9 Å². The lowest BCUT2D eigenvalue weighted by Gasteiger charge is -2.26. The van der Waals surface area contributed by atoms with Gasteiger partial charge < -0.3 is 15.5 Å². The predicted octanol–water partition coefficient (Wildman–Crippen LogP) is 1.35. The summed E-state index contributed by atoms with van der Waals surface area (Å²) in [6, 6.07) is 5.86. The van der Waals surface area contributed by atoms with Crippen LogP contribution in [0.2, 0.25) is 0 Å². The summed E-state index contributed by atoms with van der Waals surface area (Å²) in [6.45, 7) is 0. The molecule has 10 heteroatoms. The second-order valence-corrected chi connectivity index (χ2v) is 7.59. The zero-order valence-corrected chi connectivity index (χ0v) is 13.3. The molecule has 3 heterocycles. The zero-order valence-electron chi connectivity index (χ0n) is 11.7. The molecule has 0 saturated carbocycles. The Labute approximate surface area is 135 Å². The lowest BCUT2D eigenvalue weighted by atomic mass is 10.2. The van der Waals surface area contributed by atoms with Gasteiger partial charge in [0.05, 0.1) is 4.88 Å². The van der Waals surface area contributed by atoms with Gasteiger partial charge in [-0.3, -0.25) is 9.10 Å². The number of fused-ring (bicyclic) bond motifs is 1. The number of rotatable bonds is 2. The van der Waals surface area contributed by atoms with Crippen LogP contribution in [0.3, 0.4) is 0 Å². The Morgan fingerprint density at radius 1 is 1.35 bits per heavy atom. The number of aliphatic hydroxyl groups is 1. The number of carbonyl (C=O) groups excluding carboxylic acids is 1.